The average Bonchev–Trinajstić information content (AvgIpc) is 2.65. The van der Waals surface area contributed by atoms with E-state index in [0.717, 1.165) is 12.4 Å². The molecule has 1 aromatic rings. The summed E-state index contributed by atoms with van der Waals surface area (Å²) in [6.45, 7) is 10.7. The molecule has 0 unspecified atom stereocenters. The number of hydrogen-bond acceptors (Lipinski definition) is 5. The molecule has 0 bridgehead atoms. The van der Waals surface area contributed by atoms with Crippen LogP contribution in [-0.2, 0) is 6.54 Å². The van der Waals surface area contributed by atoms with Crippen molar-refractivity contribution in [3.8, 4) is 0 Å². The van der Waals surface area contributed by atoms with Crippen molar-refractivity contribution < 1.29 is 4.52 Å². The molecule has 0 saturated carbocycles. The topological polar surface area (TPSA) is 68.2 Å². The molecule has 0 amide bonds. The van der Waals surface area contributed by atoms with Crippen molar-refractivity contribution in [3.63, 3.8) is 0 Å². The van der Waals surface area contributed by atoms with E-state index in [9.17, 15) is 0 Å². The van der Waals surface area contributed by atoms with Crippen molar-refractivity contribution in [1.82, 2.24) is 15.0 Å². The maximum Gasteiger partial charge on any atom is 0.229 e. The summed E-state index contributed by atoms with van der Waals surface area (Å²) in [5.74, 6) is 1.72. The van der Waals surface area contributed by atoms with Gasteiger partial charge in [-0.05, 0) is 19.0 Å². The van der Waals surface area contributed by atoms with E-state index in [2.05, 4.69) is 28.9 Å². The zero-order chi connectivity index (χ0) is 13.1. The van der Waals surface area contributed by atoms with E-state index in [0.29, 0.717) is 19.0 Å². The highest BCUT2D eigenvalue weighted by molar-refractivity contribution is 4.90. The summed E-state index contributed by atoms with van der Waals surface area (Å²) in [4.78, 5) is 6.52. The molecule has 0 spiro atoms. The van der Waals surface area contributed by atoms with Crippen molar-refractivity contribution in [2.24, 2.45) is 11.1 Å². The van der Waals surface area contributed by atoms with E-state index >= 15 is 0 Å². The van der Waals surface area contributed by atoms with Crippen LogP contribution in [0.3, 0.4) is 0 Å². The zero-order valence-electron chi connectivity index (χ0n) is 11.5. The Morgan fingerprint density at radius 1 is 1.41 bits per heavy atom. The fourth-order valence-corrected chi connectivity index (χ4v) is 1.66. The predicted octanol–water partition coefficient (Wildman–Crippen LogP) is 1.61. The summed E-state index contributed by atoms with van der Waals surface area (Å²) in [6.07, 6.45) is 0. The summed E-state index contributed by atoms with van der Waals surface area (Å²) in [5.41, 5.74) is 5.83. The minimum absolute atomic E-state index is 0.110. The van der Waals surface area contributed by atoms with E-state index < -0.39 is 0 Å². The van der Waals surface area contributed by atoms with Crippen LogP contribution in [0.15, 0.2) is 4.52 Å². The van der Waals surface area contributed by atoms with Crippen LogP contribution in [0, 0.1) is 5.41 Å². The molecule has 5 heteroatoms. The minimum atomic E-state index is 0.110. The lowest BCUT2D eigenvalue weighted by Crippen LogP contribution is -2.36. The molecule has 0 aromatic carbocycles. The smallest absolute Gasteiger partial charge is 0.229 e. The lowest BCUT2D eigenvalue weighted by Gasteiger charge is -2.28. The zero-order valence-corrected chi connectivity index (χ0v) is 11.5. The van der Waals surface area contributed by atoms with Crippen LogP contribution in [0.4, 0.5) is 0 Å². The van der Waals surface area contributed by atoms with Gasteiger partial charge < -0.3 is 10.3 Å². The summed E-state index contributed by atoms with van der Waals surface area (Å²) in [6, 6.07) is 0. The Hall–Kier alpha value is -0.940. The van der Waals surface area contributed by atoms with E-state index in [1.165, 1.54) is 0 Å². The maximum atomic E-state index is 5.72. The van der Waals surface area contributed by atoms with Crippen molar-refractivity contribution in [3.05, 3.63) is 11.7 Å². The summed E-state index contributed by atoms with van der Waals surface area (Å²) in [7, 11) is 2.04. The first-order valence-corrected chi connectivity index (χ1v) is 6.05. The molecular weight excluding hydrogens is 216 g/mol. The Balaban J connectivity index is 2.53. The molecule has 5 nitrogen and oxygen atoms in total. The normalized spacial score (nSPS) is 12.7. The van der Waals surface area contributed by atoms with Gasteiger partial charge in [0, 0.05) is 12.5 Å². The third-order valence-corrected chi connectivity index (χ3v) is 2.64. The molecule has 0 aliphatic heterocycles. The lowest BCUT2D eigenvalue weighted by molar-refractivity contribution is 0.204. The van der Waals surface area contributed by atoms with Crippen molar-refractivity contribution >= 4 is 0 Å². The van der Waals surface area contributed by atoms with Crippen LogP contribution in [0.25, 0.3) is 0 Å². The first-order chi connectivity index (χ1) is 7.84. The van der Waals surface area contributed by atoms with Gasteiger partial charge in [-0.3, -0.25) is 4.90 Å². The molecule has 0 aliphatic rings. The Morgan fingerprint density at radius 3 is 2.53 bits per heavy atom. The molecule has 0 saturated heterocycles. The first-order valence-electron chi connectivity index (χ1n) is 6.05. The lowest BCUT2D eigenvalue weighted by atomic mass is 9.93. The highest BCUT2D eigenvalue weighted by Crippen LogP contribution is 2.16. The molecule has 0 aliphatic carbocycles. The predicted molar refractivity (Wildman–Crippen MR) is 67.6 cm³/mol. The van der Waals surface area contributed by atoms with Gasteiger partial charge in [-0.15, -0.1) is 0 Å². The summed E-state index contributed by atoms with van der Waals surface area (Å²) >= 11 is 0. The third-order valence-electron chi connectivity index (χ3n) is 2.64. The van der Waals surface area contributed by atoms with Gasteiger partial charge in [-0.25, -0.2) is 0 Å². The van der Waals surface area contributed by atoms with Gasteiger partial charge in [-0.1, -0.05) is 32.9 Å². The number of rotatable bonds is 6. The molecule has 98 valence electrons. The fraction of sp³-hybridized carbons (Fsp3) is 0.833. The van der Waals surface area contributed by atoms with Crippen LogP contribution >= 0.6 is 0 Å². The average molecular weight is 240 g/mol. The number of nitrogens with two attached hydrogens (primary N) is 1. The van der Waals surface area contributed by atoms with Crippen LogP contribution in [0.5, 0.6) is 0 Å². The van der Waals surface area contributed by atoms with Gasteiger partial charge in [0.1, 0.15) is 0 Å². The number of nitrogens with zero attached hydrogens (tertiary/aromatic N) is 3. The largest absolute Gasteiger partial charge is 0.339 e. The molecule has 0 fully saturated rings. The third kappa shape index (κ3) is 4.44. The van der Waals surface area contributed by atoms with Crippen LogP contribution in [0.2, 0.25) is 0 Å². The second-order valence-electron chi connectivity index (χ2n) is 5.74. The summed E-state index contributed by atoms with van der Waals surface area (Å²) < 4.78 is 5.17. The van der Waals surface area contributed by atoms with E-state index in [-0.39, 0.29) is 11.3 Å². The van der Waals surface area contributed by atoms with E-state index in [1.807, 2.05) is 20.9 Å². The Bertz CT molecular complexity index is 346. The van der Waals surface area contributed by atoms with Gasteiger partial charge in [0.2, 0.25) is 5.89 Å². The van der Waals surface area contributed by atoms with Gasteiger partial charge in [0.25, 0.3) is 0 Å². The molecule has 1 heterocycles. The SMILES string of the molecule is CC(C)c1nc(CN(C)CC(C)(C)CN)no1. The highest BCUT2D eigenvalue weighted by atomic mass is 16.5. The highest BCUT2D eigenvalue weighted by Gasteiger charge is 2.19. The van der Waals surface area contributed by atoms with Crippen LogP contribution in [-0.4, -0.2) is 35.2 Å². The van der Waals surface area contributed by atoms with E-state index in [1.54, 1.807) is 0 Å². The number of aromatic nitrogens is 2. The maximum absolute atomic E-state index is 5.72. The molecule has 1 rings (SSSR count). The molecular formula is C12H24N4O. The summed E-state index contributed by atoms with van der Waals surface area (Å²) in [5, 5.41) is 3.97. The molecule has 2 N–H and O–H groups in total. The quantitative estimate of drug-likeness (QED) is 0.818. The monoisotopic (exact) mass is 240 g/mol. The van der Waals surface area contributed by atoms with E-state index in [4.69, 9.17) is 10.3 Å². The molecule has 0 radical (unpaired) electrons. The standard InChI is InChI=1S/C12H24N4O/c1-9(2)11-14-10(15-17-11)6-16(5)8-12(3,4)7-13/h9H,6-8,13H2,1-5H3. The van der Waals surface area contributed by atoms with Gasteiger partial charge in [-0.2, -0.15) is 4.98 Å². The molecule has 1 aromatic heterocycles. The second-order valence-corrected chi connectivity index (χ2v) is 5.74. The number of hydrogen-bond donors (Lipinski definition) is 1. The minimum Gasteiger partial charge on any atom is -0.339 e. The second kappa shape index (κ2) is 5.60. The Labute approximate surface area is 103 Å². The molecule has 0 atom stereocenters. The van der Waals surface area contributed by atoms with Crippen molar-refractivity contribution in [2.75, 3.05) is 20.1 Å². The Kier molecular flexibility index (Phi) is 4.65. The first kappa shape index (κ1) is 14.1. The van der Waals surface area contributed by atoms with Crippen molar-refractivity contribution in [2.45, 2.75) is 40.2 Å². The van der Waals surface area contributed by atoms with Gasteiger partial charge >= 0.3 is 0 Å². The van der Waals surface area contributed by atoms with Gasteiger partial charge in [0.05, 0.1) is 6.54 Å². The van der Waals surface area contributed by atoms with Crippen LogP contribution in [0.1, 0.15) is 45.3 Å². The van der Waals surface area contributed by atoms with Gasteiger partial charge in [0.15, 0.2) is 5.82 Å². The molecule has 17 heavy (non-hydrogen) atoms. The van der Waals surface area contributed by atoms with Crippen LogP contribution < -0.4 is 5.73 Å². The fourth-order valence-electron chi connectivity index (χ4n) is 1.66. The van der Waals surface area contributed by atoms with Crippen molar-refractivity contribution in [1.29, 1.82) is 0 Å². The Morgan fingerprint density at radius 2 is 2.06 bits per heavy atom.